The highest BCUT2D eigenvalue weighted by atomic mass is 79.9. The molecule has 0 aliphatic heterocycles. The third-order valence-corrected chi connectivity index (χ3v) is 4.52. The van der Waals surface area contributed by atoms with Gasteiger partial charge in [0.2, 0.25) is 0 Å². The number of hydrogen-bond acceptors (Lipinski definition) is 1. The lowest BCUT2D eigenvalue weighted by Gasteiger charge is -2.33. The number of hydrogen-bond donors (Lipinski definition) is 1. The first-order chi connectivity index (χ1) is 9.36. The molecule has 0 amide bonds. The maximum absolute atomic E-state index is 12.8. The van der Waals surface area contributed by atoms with E-state index in [1.165, 1.54) is 0 Å². The zero-order valence-corrected chi connectivity index (χ0v) is 13.0. The largest absolute Gasteiger partial charge is 0.391 e. The molecule has 0 heterocycles. The Hall–Kier alpha value is -0.550. The molecule has 2 rings (SSSR count). The first-order valence-corrected chi connectivity index (χ1v) is 7.74. The van der Waals surface area contributed by atoms with E-state index in [-0.39, 0.29) is 24.9 Å². The summed E-state index contributed by atoms with van der Waals surface area (Å²) in [7, 11) is 0. The van der Waals surface area contributed by atoms with E-state index in [1.54, 1.807) is 0 Å². The molecule has 2 unspecified atom stereocenters. The number of nitrogens with one attached hydrogen (secondary N) is 1. The smallest absolute Gasteiger partial charge is 0.307 e. The quantitative estimate of drug-likeness (QED) is 0.788. The Balaban J connectivity index is 1.94. The molecule has 1 aliphatic rings. The van der Waals surface area contributed by atoms with Crippen LogP contribution >= 0.6 is 15.9 Å². The lowest BCUT2D eigenvalue weighted by atomic mass is 9.85. The Labute approximate surface area is 126 Å². The van der Waals surface area contributed by atoms with E-state index in [4.69, 9.17) is 0 Å². The van der Waals surface area contributed by atoms with Gasteiger partial charge in [-0.25, -0.2) is 0 Å². The highest BCUT2D eigenvalue weighted by Crippen LogP contribution is 2.38. The van der Waals surface area contributed by atoms with Gasteiger partial charge >= 0.3 is 6.18 Å². The minimum atomic E-state index is -4.05. The molecule has 1 aliphatic carbocycles. The molecule has 0 saturated heterocycles. The summed E-state index contributed by atoms with van der Waals surface area (Å²) in [5.74, 6) is -1.15. The molecule has 1 N–H and O–H groups in total. The number of alkyl halides is 3. The summed E-state index contributed by atoms with van der Waals surface area (Å²) in [4.78, 5) is 0. The lowest BCUT2D eigenvalue weighted by molar-refractivity contribution is -0.183. The predicted molar refractivity (Wildman–Crippen MR) is 77.5 cm³/mol. The van der Waals surface area contributed by atoms with Crippen LogP contribution in [0.5, 0.6) is 0 Å². The molecule has 5 heteroatoms. The van der Waals surface area contributed by atoms with Crippen molar-refractivity contribution in [2.75, 3.05) is 0 Å². The lowest BCUT2D eigenvalue weighted by Crippen LogP contribution is -2.39. The van der Waals surface area contributed by atoms with Crippen LogP contribution in [0, 0.1) is 5.92 Å². The van der Waals surface area contributed by atoms with E-state index >= 15 is 0 Å². The molecular weight excluding hydrogens is 331 g/mol. The summed E-state index contributed by atoms with van der Waals surface area (Å²) in [5.41, 5.74) is 1.10. The summed E-state index contributed by atoms with van der Waals surface area (Å²) in [6, 6.07) is 7.91. The van der Waals surface area contributed by atoms with Gasteiger partial charge in [-0.05, 0) is 43.9 Å². The average Bonchev–Trinajstić information content (AvgIpc) is 2.38. The summed E-state index contributed by atoms with van der Waals surface area (Å²) in [6.45, 7) is 2.00. The Morgan fingerprint density at radius 2 is 1.85 bits per heavy atom. The summed E-state index contributed by atoms with van der Waals surface area (Å²) in [5, 5.41) is 3.34. The van der Waals surface area contributed by atoms with E-state index in [1.807, 2.05) is 31.2 Å². The Morgan fingerprint density at radius 3 is 2.45 bits per heavy atom. The summed E-state index contributed by atoms with van der Waals surface area (Å²) >= 11 is 3.38. The van der Waals surface area contributed by atoms with Gasteiger partial charge in [-0.15, -0.1) is 0 Å². The molecule has 0 aromatic heterocycles. The van der Waals surface area contributed by atoms with Crippen molar-refractivity contribution < 1.29 is 13.2 Å². The van der Waals surface area contributed by atoms with E-state index in [2.05, 4.69) is 21.2 Å². The molecule has 1 saturated carbocycles. The average molecular weight is 350 g/mol. The van der Waals surface area contributed by atoms with Crippen molar-refractivity contribution in [2.45, 2.75) is 50.9 Å². The fourth-order valence-corrected chi connectivity index (χ4v) is 3.10. The second-order valence-corrected chi connectivity index (χ2v) is 6.46. The minimum absolute atomic E-state index is 0.0472. The molecule has 0 radical (unpaired) electrons. The van der Waals surface area contributed by atoms with Crippen LogP contribution in [0.4, 0.5) is 13.2 Å². The van der Waals surface area contributed by atoms with Crippen molar-refractivity contribution in [1.82, 2.24) is 5.32 Å². The van der Waals surface area contributed by atoms with E-state index in [0.29, 0.717) is 6.42 Å². The van der Waals surface area contributed by atoms with Gasteiger partial charge in [0.15, 0.2) is 0 Å². The topological polar surface area (TPSA) is 12.0 Å². The van der Waals surface area contributed by atoms with Gasteiger partial charge in [-0.3, -0.25) is 0 Å². The van der Waals surface area contributed by atoms with Crippen molar-refractivity contribution in [3.05, 3.63) is 34.3 Å². The van der Waals surface area contributed by atoms with Gasteiger partial charge < -0.3 is 5.32 Å². The first kappa shape index (κ1) is 15.8. The predicted octanol–water partition coefficient (Wildman–Crippen LogP) is 5.22. The molecule has 1 aromatic carbocycles. The van der Waals surface area contributed by atoms with Crippen molar-refractivity contribution >= 4 is 15.9 Å². The van der Waals surface area contributed by atoms with Crippen LogP contribution in [0.3, 0.4) is 0 Å². The van der Waals surface area contributed by atoms with Gasteiger partial charge in [-0.2, -0.15) is 13.2 Å². The van der Waals surface area contributed by atoms with Crippen molar-refractivity contribution in [3.63, 3.8) is 0 Å². The van der Waals surface area contributed by atoms with E-state index in [0.717, 1.165) is 16.5 Å². The standard InChI is InChI=1S/C15H19BrF3N/c1-10(11-5-7-13(16)8-6-11)20-14-4-2-3-12(9-14)15(17,18)19/h5-8,10,12,14,20H,2-4,9H2,1H3/t10-,12?,14?/m1/s1. The SMILES string of the molecule is C[C@@H](NC1CCCC(C(F)(F)F)C1)c1ccc(Br)cc1. The minimum Gasteiger partial charge on any atom is -0.307 e. The zero-order chi connectivity index (χ0) is 14.8. The molecule has 1 nitrogen and oxygen atoms in total. The van der Waals surface area contributed by atoms with Gasteiger partial charge in [0, 0.05) is 16.6 Å². The van der Waals surface area contributed by atoms with Crippen molar-refractivity contribution in [3.8, 4) is 0 Å². The second kappa shape index (κ2) is 6.48. The molecular formula is C15H19BrF3N. The molecule has 1 aromatic rings. The van der Waals surface area contributed by atoms with Crippen LogP contribution in [-0.4, -0.2) is 12.2 Å². The fraction of sp³-hybridized carbons (Fsp3) is 0.600. The molecule has 1 fully saturated rings. The van der Waals surface area contributed by atoms with Crippen LogP contribution in [0.15, 0.2) is 28.7 Å². The third kappa shape index (κ3) is 4.22. The van der Waals surface area contributed by atoms with Gasteiger partial charge in [0.05, 0.1) is 5.92 Å². The molecule has 0 bridgehead atoms. The van der Waals surface area contributed by atoms with Gasteiger partial charge in [0.1, 0.15) is 0 Å². The van der Waals surface area contributed by atoms with Crippen LogP contribution in [0.2, 0.25) is 0 Å². The molecule has 0 spiro atoms. The molecule has 3 atom stereocenters. The molecule has 20 heavy (non-hydrogen) atoms. The van der Waals surface area contributed by atoms with Gasteiger partial charge in [0.25, 0.3) is 0 Å². The monoisotopic (exact) mass is 349 g/mol. The highest BCUT2D eigenvalue weighted by Gasteiger charge is 2.42. The second-order valence-electron chi connectivity index (χ2n) is 5.54. The fourth-order valence-electron chi connectivity index (χ4n) is 2.84. The maximum Gasteiger partial charge on any atom is 0.391 e. The highest BCUT2D eigenvalue weighted by molar-refractivity contribution is 9.10. The van der Waals surface area contributed by atoms with Gasteiger partial charge in [-0.1, -0.05) is 34.5 Å². The van der Waals surface area contributed by atoms with Crippen LogP contribution in [0.25, 0.3) is 0 Å². The van der Waals surface area contributed by atoms with E-state index < -0.39 is 12.1 Å². The zero-order valence-electron chi connectivity index (χ0n) is 11.4. The Kier molecular flexibility index (Phi) is 5.13. The van der Waals surface area contributed by atoms with Crippen LogP contribution in [-0.2, 0) is 0 Å². The van der Waals surface area contributed by atoms with E-state index in [9.17, 15) is 13.2 Å². The number of benzene rings is 1. The Morgan fingerprint density at radius 1 is 1.20 bits per heavy atom. The number of rotatable bonds is 3. The summed E-state index contributed by atoms with van der Waals surface area (Å²) < 4.78 is 39.4. The van der Waals surface area contributed by atoms with Crippen LogP contribution in [0.1, 0.15) is 44.2 Å². The Bertz CT molecular complexity index is 430. The maximum atomic E-state index is 12.8. The summed E-state index contributed by atoms with van der Waals surface area (Å²) in [6.07, 6.45) is -2.11. The molecule has 112 valence electrons. The number of halogens is 4. The first-order valence-electron chi connectivity index (χ1n) is 6.94. The van der Waals surface area contributed by atoms with Crippen molar-refractivity contribution in [2.24, 2.45) is 5.92 Å². The van der Waals surface area contributed by atoms with Crippen molar-refractivity contribution in [1.29, 1.82) is 0 Å². The van der Waals surface area contributed by atoms with Crippen LogP contribution < -0.4 is 5.32 Å². The normalized spacial score (nSPS) is 25.4. The third-order valence-electron chi connectivity index (χ3n) is 3.99.